The standard InChI is InChI=1S/C76H70N4O2S/c1-73(2,3)47-21-35-67-59(41-47)60-42-48(74(4,5)6)22-36-68(60)79(67)53-29-39-71-63(45-53)57-17-13-15-19-65(57)77(71)51-25-31-55(32-26-51)83(81,82)56-33-27-52(28-34-56)78-66-20-16-14-18-58(66)64-46-54(30-40-72(64)78)80-69-37-23-49(75(7,8)9)43-61(69)62-44-50(76(10,11)12)24-38-70(62)80/h13-46H,1-12H3. The number of sulfone groups is 1. The van der Waals surface area contributed by atoms with Gasteiger partial charge >= 0.3 is 0 Å². The Morgan fingerprint density at radius 2 is 0.470 bits per heavy atom. The summed E-state index contributed by atoms with van der Waals surface area (Å²) in [7, 11) is -3.88. The van der Waals surface area contributed by atoms with Gasteiger partial charge in [-0.15, -0.1) is 0 Å². The number of benzene rings is 10. The third-order valence-electron chi connectivity index (χ3n) is 17.6. The van der Waals surface area contributed by atoms with Gasteiger partial charge in [0.2, 0.25) is 9.84 Å². The third-order valence-corrected chi connectivity index (χ3v) is 19.4. The van der Waals surface area contributed by atoms with Gasteiger partial charge < -0.3 is 18.3 Å². The van der Waals surface area contributed by atoms with E-state index >= 15 is 0 Å². The van der Waals surface area contributed by atoms with Crippen LogP contribution in [-0.2, 0) is 31.5 Å². The lowest BCUT2D eigenvalue weighted by molar-refractivity contribution is 0.590. The van der Waals surface area contributed by atoms with Crippen LogP contribution in [0.5, 0.6) is 0 Å². The second-order valence-corrected chi connectivity index (χ2v) is 29.1. The Bertz CT molecular complexity index is 4650. The van der Waals surface area contributed by atoms with Crippen molar-refractivity contribution in [2.75, 3.05) is 0 Å². The molecule has 0 atom stereocenters. The molecule has 14 aromatic rings. The van der Waals surface area contributed by atoms with Gasteiger partial charge in [0.25, 0.3) is 0 Å². The van der Waals surface area contributed by atoms with Gasteiger partial charge in [0, 0.05) is 65.8 Å². The number of nitrogens with zero attached hydrogens (tertiary/aromatic N) is 4. The van der Waals surface area contributed by atoms with Crippen LogP contribution in [0.1, 0.15) is 105 Å². The first-order valence-corrected chi connectivity index (χ1v) is 30.6. The van der Waals surface area contributed by atoms with Crippen LogP contribution >= 0.6 is 0 Å². The maximum atomic E-state index is 14.6. The Morgan fingerprint density at radius 1 is 0.241 bits per heavy atom. The fraction of sp³-hybridized carbons (Fsp3) is 0.211. The predicted molar refractivity (Wildman–Crippen MR) is 350 cm³/mol. The number of para-hydroxylation sites is 2. The van der Waals surface area contributed by atoms with Crippen molar-refractivity contribution in [3.8, 4) is 22.7 Å². The zero-order chi connectivity index (χ0) is 57.9. The first kappa shape index (κ1) is 52.4. The van der Waals surface area contributed by atoms with Gasteiger partial charge in [-0.3, -0.25) is 0 Å². The number of hydrogen-bond acceptors (Lipinski definition) is 2. The highest BCUT2D eigenvalue weighted by Gasteiger charge is 2.26. The van der Waals surface area contributed by atoms with Crippen molar-refractivity contribution in [2.24, 2.45) is 0 Å². The molecule has 6 nitrogen and oxygen atoms in total. The van der Waals surface area contributed by atoms with Crippen molar-refractivity contribution >= 4 is 97.1 Å². The molecule has 4 aromatic heterocycles. The second-order valence-electron chi connectivity index (χ2n) is 27.2. The summed E-state index contributed by atoms with van der Waals surface area (Å²) in [6.45, 7) is 27.3. The summed E-state index contributed by atoms with van der Waals surface area (Å²) in [5.74, 6) is 0. The first-order valence-electron chi connectivity index (χ1n) is 29.2. The van der Waals surface area contributed by atoms with E-state index in [1.54, 1.807) is 24.3 Å². The minimum atomic E-state index is -3.88. The van der Waals surface area contributed by atoms with E-state index in [0.717, 1.165) is 66.4 Å². The van der Waals surface area contributed by atoms with Crippen molar-refractivity contribution in [2.45, 2.75) is 115 Å². The van der Waals surface area contributed by atoms with Crippen LogP contribution in [0.25, 0.3) is 110 Å². The van der Waals surface area contributed by atoms with Gasteiger partial charge in [-0.2, -0.15) is 0 Å². The normalized spacial score (nSPS) is 13.2. The zero-order valence-electron chi connectivity index (χ0n) is 49.6. The van der Waals surface area contributed by atoms with Crippen molar-refractivity contribution in [1.82, 2.24) is 18.3 Å². The molecule has 4 heterocycles. The molecule has 0 aliphatic carbocycles. The maximum absolute atomic E-state index is 14.6. The molecule has 0 N–H and O–H groups in total. The largest absolute Gasteiger partial charge is 0.309 e. The fourth-order valence-electron chi connectivity index (χ4n) is 12.9. The summed E-state index contributed by atoms with van der Waals surface area (Å²) < 4.78 is 38.5. The maximum Gasteiger partial charge on any atom is 0.206 e. The number of hydrogen-bond donors (Lipinski definition) is 0. The van der Waals surface area contributed by atoms with E-state index in [1.165, 1.54) is 65.9 Å². The van der Waals surface area contributed by atoms with Crippen LogP contribution in [0.4, 0.5) is 0 Å². The average molecular weight is 1100 g/mol. The quantitative estimate of drug-likeness (QED) is 0.167. The molecule has 0 fully saturated rings. The molecular formula is C76H70N4O2S. The number of aromatic nitrogens is 4. The lowest BCUT2D eigenvalue weighted by Gasteiger charge is -2.19. The molecule has 0 bridgehead atoms. The minimum Gasteiger partial charge on any atom is -0.309 e. The lowest BCUT2D eigenvalue weighted by Crippen LogP contribution is -2.10. The molecule has 14 rings (SSSR count). The molecule has 0 unspecified atom stereocenters. The van der Waals surface area contributed by atoms with Crippen LogP contribution in [-0.4, -0.2) is 26.7 Å². The van der Waals surface area contributed by atoms with Crippen LogP contribution in [0.2, 0.25) is 0 Å². The molecule has 7 heteroatoms. The zero-order valence-corrected chi connectivity index (χ0v) is 50.5. The van der Waals surface area contributed by atoms with Crippen LogP contribution in [0.3, 0.4) is 0 Å². The third kappa shape index (κ3) is 8.36. The summed E-state index contributed by atoms with van der Waals surface area (Å²) in [6.07, 6.45) is 0. The van der Waals surface area contributed by atoms with Gasteiger partial charge in [-0.25, -0.2) is 8.42 Å². The molecule has 412 valence electrons. The predicted octanol–water partition coefficient (Wildman–Crippen LogP) is 20.1. The van der Waals surface area contributed by atoms with E-state index < -0.39 is 9.84 Å². The smallest absolute Gasteiger partial charge is 0.206 e. The highest BCUT2D eigenvalue weighted by molar-refractivity contribution is 7.91. The molecule has 0 spiro atoms. The van der Waals surface area contributed by atoms with Crippen LogP contribution in [0.15, 0.2) is 216 Å². The second kappa shape index (κ2) is 18.2. The Morgan fingerprint density at radius 3 is 0.759 bits per heavy atom. The summed E-state index contributed by atoms with van der Waals surface area (Å²) in [5, 5.41) is 9.52. The number of fused-ring (bicyclic) bond motifs is 12. The Labute approximate surface area is 486 Å². The van der Waals surface area contributed by atoms with Gasteiger partial charge in [0.05, 0.1) is 53.9 Å². The van der Waals surface area contributed by atoms with Gasteiger partial charge in [0.1, 0.15) is 0 Å². The lowest BCUT2D eigenvalue weighted by atomic mass is 9.85. The van der Waals surface area contributed by atoms with Crippen molar-refractivity contribution in [1.29, 1.82) is 0 Å². The molecule has 83 heavy (non-hydrogen) atoms. The Hall–Kier alpha value is -8.65. The molecule has 0 saturated heterocycles. The van der Waals surface area contributed by atoms with Crippen molar-refractivity contribution < 1.29 is 8.42 Å². The molecule has 0 aliphatic rings. The molecular weight excluding hydrogens is 1030 g/mol. The van der Waals surface area contributed by atoms with E-state index in [4.69, 9.17) is 0 Å². The summed E-state index contributed by atoms with van der Waals surface area (Å²) >= 11 is 0. The van der Waals surface area contributed by atoms with E-state index in [1.807, 2.05) is 24.3 Å². The van der Waals surface area contributed by atoms with E-state index in [9.17, 15) is 8.42 Å². The van der Waals surface area contributed by atoms with E-state index in [2.05, 4.69) is 259 Å². The minimum absolute atomic E-state index is 0.00844. The summed E-state index contributed by atoms with van der Waals surface area (Å²) in [6, 6.07) is 73.1. The van der Waals surface area contributed by atoms with E-state index in [0.29, 0.717) is 0 Å². The highest BCUT2D eigenvalue weighted by atomic mass is 32.2. The van der Waals surface area contributed by atoms with Crippen LogP contribution in [0, 0.1) is 0 Å². The molecule has 0 radical (unpaired) electrons. The van der Waals surface area contributed by atoms with Crippen molar-refractivity contribution in [3.63, 3.8) is 0 Å². The molecule has 0 saturated carbocycles. The molecule has 0 aliphatic heterocycles. The van der Waals surface area contributed by atoms with E-state index in [-0.39, 0.29) is 31.5 Å². The van der Waals surface area contributed by atoms with Crippen LogP contribution < -0.4 is 0 Å². The monoisotopic (exact) mass is 1100 g/mol. The Kier molecular flexibility index (Phi) is 11.5. The van der Waals surface area contributed by atoms with Gasteiger partial charge in [0.15, 0.2) is 0 Å². The molecule has 0 amide bonds. The fourth-order valence-corrected chi connectivity index (χ4v) is 14.2. The summed E-state index contributed by atoms with van der Waals surface area (Å²) in [5.41, 5.74) is 18.1. The highest BCUT2D eigenvalue weighted by Crippen LogP contribution is 2.43. The average Bonchev–Trinajstić information content (AvgIpc) is 2.10. The number of rotatable bonds is 6. The SMILES string of the molecule is CC(C)(C)c1ccc2c(c1)c1cc(C(C)(C)C)ccc1n2-c1ccc2c(c1)c1ccccc1n2-c1ccc(S(=O)(=O)c2ccc(-n3c4ccccc4c4cc(-n5c6ccc(C(C)(C)C)cc6c6cc(C(C)(C)C)ccc65)ccc43)cc2)cc1. The first-order chi connectivity index (χ1) is 39.4. The van der Waals surface area contributed by atoms with Gasteiger partial charge in [-0.1, -0.05) is 144 Å². The Balaban J connectivity index is 0.808. The topological polar surface area (TPSA) is 53.9 Å². The molecule has 10 aromatic carbocycles. The van der Waals surface area contributed by atoms with Crippen molar-refractivity contribution in [3.05, 3.63) is 229 Å². The summed E-state index contributed by atoms with van der Waals surface area (Å²) in [4.78, 5) is 0.484. The van der Waals surface area contributed by atoms with Gasteiger partial charge in [-0.05, 0) is 190 Å².